The van der Waals surface area contributed by atoms with Gasteiger partial charge in [0.05, 0.1) is 11.4 Å². The molecule has 0 bridgehead atoms. The fourth-order valence-corrected chi connectivity index (χ4v) is 13.0. The molecule has 15 aromatic rings. The summed E-state index contributed by atoms with van der Waals surface area (Å²) in [5.74, 6) is 0.793. The van der Waals surface area contributed by atoms with E-state index < -0.39 is 0 Å². The standard InChI is InChI=1S/C76H64N2O4/c1-43(2)45-25-29-47(30-26-45)77(49-33-35-65-57(37-49)55-21-15-23-61(73(55)81-65)75(5,6)7)63-40-69-71(53-19-13-11-17-51(53)63)59-39-60-68(42-67(59)79-69)80-70-41-64(52-18-12-14-20-54(52)72(60)70)78(48-31-27-46(28-32-48)44(3)4)50-34-36-66-58(38-50)56-22-16-24-62(74(56)82-66)76(8,9)10/h11-44H,1-10H3. The molecule has 402 valence electrons. The smallest absolute Gasteiger partial charge is 0.139 e. The molecule has 0 N–H and O–H groups in total. The van der Waals surface area contributed by atoms with E-state index in [9.17, 15) is 0 Å². The second kappa shape index (κ2) is 18.1. The van der Waals surface area contributed by atoms with E-state index in [1.165, 1.54) is 22.3 Å². The van der Waals surface area contributed by atoms with Crippen LogP contribution >= 0.6 is 0 Å². The maximum atomic E-state index is 7.10. The Morgan fingerprint density at radius 1 is 0.293 bits per heavy atom. The Bertz CT molecular complexity index is 4750. The predicted octanol–water partition coefficient (Wildman–Crippen LogP) is 23.4. The van der Waals surface area contributed by atoms with Gasteiger partial charge in [0.1, 0.15) is 44.7 Å². The molecule has 0 fully saturated rings. The molecule has 0 amide bonds. The highest BCUT2D eigenvalue weighted by atomic mass is 16.3. The number of hydrogen-bond acceptors (Lipinski definition) is 6. The highest BCUT2D eigenvalue weighted by molar-refractivity contribution is 6.28. The zero-order valence-electron chi connectivity index (χ0n) is 48.2. The lowest BCUT2D eigenvalue weighted by Crippen LogP contribution is -2.11. The Balaban J connectivity index is 0.924. The number of anilines is 6. The number of rotatable bonds is 8. The van der Waals surface area contributed by atoms with Gasteiger partial charge in [-0.2, -0.15) is 0 Å². The fourth-order valence-electron chi connectivity index (χ4n) is 13.0. The van der Waals surface area contributed by atoms with Crippen LogP contribution in [0.15, 0.2) is 212 Å². The molecular formula is C76H64N2O4. The number of hydrogen-bond donors (Lipinski definition) is 0. The monoisotopic (exact) mass is 1070 g/mol. The van der Waals surface area contributed by atoms with Crippen LogP contribution in [0.2, 0.25) is 0 Å². The average molecular weight is 1070 g/mol. The highest BCUT2D eigenvalue weighted by Crippen LogP contribution is 2.51. The SMILES string of the molecule is CC(C)c1ccc(N(c2ccc3oc4c(C(C)(C)C)cccc4c3c2)c2cc3oc4cc5oc6cc(N(c7ccc(C(C)C)cc7)c7ccc8oc9c(C(C)(C)C)cccc9c8c7)c7ccccc7c6c5cc4c3c3ccccc23)cc1. The minimum Gasteiger partial charge on any atom is -0.456 e. The average Bonchev–Trinajstić information content (AvgIpc) is 4.39. The van der Waals surface area contributed by atoms with Crippen LogP contribution in [0, 0.1) is 0 Å². The maximum absolute atomic E-state index is 7.10. The van der Waals surface area contributed by atoms with Gasteiger partial charge in [-0.1, -0.05) is 178 Å². The molecule has 4 aromatic heterocycles. The first-order chi connectivity index (χ1) is 39.6. The van der Waals surface area contributed by atoms with Gasteiger partial charge in [-0.15, -0.1) is 0 Å². The fraction of sp³-hybridized carbons (Fsp3) is 0.184. The second-order valence-corrected chi connectivity index (χ2v) is 25.3. The minimum atomic E-state index is -0.0805. The quantitative estimate of drug-likeness (QED) is 0.151. The van der Waals surface area contributed by atoms with Crippen LogP contribution in [0.3, 0.4) is 0 Å². The summed E-state index contributed by atoms with van der Waals surface area (Å²) >= 11 is 0. The van der Waals surface area contributed by atoms with Crippen molar-refractivity contribution in [1.82, 2.24) is 0 Å². The Kier molecular flexibility index (Phi) is 11.0. The number of benzene rings is 11. The lowest BCUT2D eigenvalue weighted by atomic mass is 9.86. The first-order valence-corrected chi connectivity index (χ1v) is 28.9. The van der Waals surface area contributed by atoms with Crippen molar-refractivity contribution < 1.29 is 17.7 Å². The van der Waals surface area contributed by atoms with Gasteiger partial charge in [0.25, 0.3) is 0 Å². The van der Waals surface area contributed by atoms with Crippen LogP contribution in [0.25, 0.3) is 109 Å². The first-order valence-electron chi connectivity index (χ1n) is 28.9. The van der Waals surface area contributed by atoms with Gasteiger partial charge < -0.3 is 27.5 Å². The van der Waals surface area contributed by atoms with Crippen molar-refractivity contribution in [3.8, 4) is 0 Å². The van der Waals surface area contributed by atoms with Gasteiger partial charge in [0.15, 0.2) is 0 Å². The van der Waals surface area contributed by atoms with E-state index in [1.54, 1.807) is 0 Å². The summed E-state index contributed by atoms with van der Waals surface area (Å²) in [5, 5.41) is 13.1. The van der Waals surface area contributed by atoms with E-state index in [0.29, 0.717) is 11.8 Å². The van der Waals surface area contributed by atoms with Crippen LogP contribution in [0.1, 0.15) is 103 Å². The summed E-state index contributed by atoms with van der Waals surface area (Å²) in [6, 6.07) is 70.8. The zero-order valence-corrected chi connectivity index (χ0v) is 48.2. The van der Waals surface area contributed by atoms with Crippen LogP contribution in [0.5, 0.6) is 0 Å². The largest absolute Gasteiger partial charge is 0.456 e. The van der Waals surface area contributed by atoms with Crippen LogP contribution in [-0.2, 0) is 10.8 Å². The number of para-hydroxylation sites is 2. The topological polar surface area (TPSA) is 59.0 Å². The highest BCUT2D eigenvalue weighted by Gasteiger charge is 2.28. The molecule has 11 aromatic carbocycles. The molecule has 0 radical (unpaired) electrons. The van der Waals surface area contributed by atoms with Gasteiger partial charge >= 0.3 is 0 Å². The van der Waals surface area contributed by atoms with Crippen molar-refractivity contribution in [2.24, 2.45) is 0 Å². The van der Waals surface area contributed by atoms with E-state index in [-0.39, 0.29) is 10.8 Å². The van der Waals surface area contributed by atoms with Gasteiger partial charge in [-0.25, -0.2) is 0 Å². The minimum absolute atomic E-state index is 0.0805. The Hall–Kier alpha value is -9.26. The van der Waals surface area contributed by atoms with Crippen molar-refractivity contribution >= 4 is 143 Å². The number of furan rings is 4. The third-order valence-electron chi connectivity index (χ3n) is 17.2. The molecule has 0 spiro atoms. The molecule has 0 saturated carbocycles. The molecule has 0 aliphatic rings. The van der Waals surface area contributed by atoms with Gasteiger partial charge in [0, 0.05) is 106 Å². The Morgan fingerprint density at radius 2 is 0.671 bits per heavy atom. The van der Waals surface area contributed by atoms with Crippen molar-refractivity contribution in [3.05, 3.63) is 216 Å². The molecule has 0 aliphatic carbocycles. The van der Waals surface area contributed by atoms with Crippen LogP contribution in [0.4, 0.5) is 34.1 Å². The third kappa shape index (κ3) is 7.75. The van der Waals surface area contributed by atoms with Crippen molar-refractivity contribution in [3.63, 3.8) is 0 Å². The van der Waals surface area contributed by atoms with E-state index in [1.807, 2.05) is 0 Å². The molecule has 0 saturated heterocycles. The predicted molar refractivity (Wildman–Crippen MR) is 346 cm³/mol. The summed E-state index contributed by atoms with van der Waals surface area (Å²) in [4.78, 5) is 4.77. The van der Waals surface area contributed by atoms with E-state index in [2.05, 4.69) is 273 Å². The van der Waals surface area contributed by atoms with Crippen LogP contribution < -0.4 is 9.80 Å². The van der Waals surface area contributed by atoms with Crippen molar-refractivity contribution in [2.45, 2.75) is 91.9 Å². The lowest BCUT2D eigenvalue weighted by Gasteiger charge is -2.27. The summed E-state index contributed by atoms with van der Waals surface area (Å²) in [6.07, 6.45) is 0. The van der Waals surface area contributed by atoms with E-state index >= 15 is 0 Å². The Labute approximate surface area is 476 Å². The molecule has 6 heteroatoms. The van der Waals surface area contributed by atoms with E-state index in [0.717, 1.165) is 143 Å². The molecular weight excluding hydrogens is 1000 g/mol. The summed E-state index contributed by atoms with van der Waals surface area (Å²) in [5.41, 5.74) is 17.8. The van der Waals surface area contributed by atoms with Gasteiger partial charge in [-0.05, 0) is 111 Å². The van der Waals surface area contributed by atoms with E-state index in [4.69, 9.17) is 17.7 Å². The molecule has 0 atom stereocenters. The molecule has 4 heterocycles. The normalized spacial score (nSPS) is 12.7. The molecule has 82 heavy (non-hydrogen) atoms. The molecule has 0 aliphatic heterocycles. The third-order valence-corrected chi connectivity index (χ3v) is 17.2. The van der Waals surface area contributed by atoms with Crippen LogP contribution in [-0.4, -0.2) is 0 Å². The molecule has 6 nitrogen and oxygen atoms in total. The first kappa shape index (κ1) is 49.8. The number of fused-ring (bicyclic) bond motifs is 16. The summed E-state index contributed by atoms with van der Waals surface area (Å²) in [7, 11) is 0. The molecule has 15 rings (SSSR count). The number of nitrogens with zero attached hydrogens (tertiary/aromatic N) is 2. The maximum Gasteiger partial charge on any atom is 0.139 e. The zero-order chi connectivity index (χ0) is 56.1. The lowest BCUT2D eigenvalue weighted by molar-refractivity contribution is 0.572. The van der Waals surface area contributed by atoms with Crippen molar-refractivity contribution in [1.29, 1.82) is 0 Å². The molecule has 0 unspecified atom stereocenters. The second-order valence-electron chi connectivity index (χ2n) is 25.3. The summed E-state index contributed by atoms with van der Waals surface area (Å²) < 4.78 is 27.6. The van der Waals surface area contributed by atoms with Gasteiger partial charge in [0.2, 0.25) is 0 Å². The Morgan fingerprint density at radius 3 is 1.06 bits per heavy atom. The van der Waals surface area contributed by atoms with Gasteiger partial charge in [-0.3, -0.25) is 0 Å². The summed E-state index contributed by atoms with van der Waals surface area (Å²) in [6.45, 7) is 22.4. The van der Waals surface area contributed by atoms with Crippen molar-refractivity contribution in [2.75, 3.05) is 9.80 Å².